The van der Waals surface area contributed by atoms with Gasteiger partial charge in [0, 0.05) is 45.7 Å². The Morgan fingerprint density at radius 2 is 1.44 bits per heavy atom. The van der Waals surface area contributed by atoms with Gasteiger partial charge in [0.2, 0.25) is 0 Å². The molecule has 2 heterocycles. The van der Waals surface area contributed by atoms with Gasteiger partial charge in [-0.05, 0) is 35.6 Å². The first kappa shape index (κ1) is 16.6. The lowest BCUT2D eigenvalue weighted by molar-refractivity contribution is 0.134. The van der Waals surface area contributed by atoms with Crippen molar-refractivity contribution in [1.82, 2.24) is 9.80 Å². The van der Waals surface area contributed by atoms with Crippen molar-refractivity contribution < 1.29 is 4.74 Å². The molecule has 4 rings (SSSR count). The van der Waals surface area contributed by atoms with Crippen molar-refractivity contribution in [1.29, 1.82) is 0 Å². The fraction of sp³-hybridized carbons (Fsp3) is 0.455. The summed E-state index contributed by atoms with van der Waals surface area (Å²) in [6.45, 7) is 8.00. The van der Waals surface area contributed by atoms with Gasteiger partial charge in [-0.15, -0.1) is 0 Å². The van der Waals surface area contributed by atoms with E-state index in [-0.39, 0.29) is 0 Å². The molecule has 0 bridgehead atoms. The number of nitrogens with zero attached hydrogens (tertiary/aromatic N) is 2. The van der Waals surface area contributed by atoms with Crippen molar-refractivity contribution >= 4 is 0 Å². The highest BCUT2D eigenvalue weighted by molar-refractivity contribution is 5.39. The number of piperazine rings is 1. The van der Waals surface area contributed by atoms with Crippen molar-refractivity contribution in [2.24, 2.45) is 0 Å². The third kappa shape index (κ3) is 4.42. The fourth-order valence-electron chi connectivity index (χ4n) is 3.85. The van der Waals surface area contributed by atoms with E-state index in [1.807, 2.05) is 0 Å². The quantitative estimate of drug-likeness (QED) is 0.806. The van der Waals surface area contributed by atoms with Crippen molar-refractivity contribution in [2.75, 3.05) is 45.9 Å². The fourth-order valence-corrected chi connectivity index (χ4v) is 3.85. The van der Waals surface area contributed by atoms with Gasteiger partial charge >= 0.3 is 0 Å². The Morgan fingerprint density at radius 1 is 0.760 bits per heavy atom. The average Bonchev–Trinajstić information content (AvgIpc) is 3.14. The molecule has 2 aliphatic heterocycles. The molecule has 0 N–H and O–H groups in total. The van der Waals surface area contributed by atoms with Crippen molar-refractivity contribution in [3.05, 3.63) is 65.2 Å². The predicted molar refractivity (Wildman–Crippen MR) is 102 cm³/mol. The third-order valence-electron chi connectivity index (χ3n) is 5.50. The van der Waals surface area contributed by atoms with Crippen molar-refractivity contribution in [3.8, 4) is 5.75 Å². The summed E-state index contributed by atoms with van der Waals surface area (Å²) >= 11 is 0. The van der Waals surface area contributed by atoms with Gasteiger partial charge < -0.3 is 14.5 Å². The molecule has 25 heavy (non-hydrogen) atoms. The van der Waals surface area contributed by atoms with Crippen LogP contribution in [0.3, 0.4) is 0 Å². The molecule has 0 spiro atoms. The molecule has 0 radical (unpaired) electrons. The second-order valence-electron chi connectivity index (χ2n) is 7.21. The van der Waals surface area contributed by atoms with Gasteiger partial charge in [-0.2, -0.15) is 0 Å². The third-order valence-corrected chi connectivity index (χ3v) is 5.50. The van der Waals surface area contributed by atoms with E-state index in [0.717, 1.165) is 31.6 Å². The van der Waals surface area contributed by atoms with E-state index in [1.54, 1.807) is 0 Å². The van der Waals surface area contributed by atoms with E-state index >= 15 is 0 Å². The van der Waals surface area contributed by atoms with Gasteiger partial charge in [-0.3, -0.25) is 0 Å². The highest BCUT2D eigenvalue weighted by Gasteiger charge is 2.17. The van der Waals surface area contributed by atoms with Gasteiger partial charge in [0.25, 0.3) is 0 Å². The number of fused-ring (bicyclic) bond motifs is 1. The minimum Gasteiger partial charge on any atom is -0.493 e. The van der Waals surface area contributed by atoms with E-state index in [4.69, 9.17) is 4.74 Å². The number of hydrogen-bond acceptors (Lipinski definition) is 3. The summed E-state index contributed by atoms with van der Waals surface area (Å²) < 4.78 is 5.60. The summed E-state index contributed by atoms with van der Waals surface area (Å²) in [5.74, 6) is 1.09. The highest BCUT2D eigenvalue weighted by atomic mass is 16.5. The van der Waals surface area contributed by atoms with Crippen LogP contribution in [0.2, 0.25) is 0 Å². The Balaban J connectivity index is 1.19. The Morgan fingerprint density at radius 3 is 2.16 bits per heavy atom. The Bertz CT molecular complexity index is 678. The molecule has 0 amide bonds. The van der Waals surface area contributed by atoms with Gasteiger partial charge in [-0.25, -0.2) is 0 Å². The second-order valence-corrected chi connectivity index (χ2v) is 7.21. The number of ether oxygens (including phenoxy) is 1. The molecule has 3 heteroatoms. The molecule has 1 saturated heterocycles. The molecule has 2 aliphatic rings. The Labute approximate surface area is 151 Å². The summed E-state index contributed by atoms with van der Waals surface area (Å²) in [6, 6.07) is 17.6. The Kier molecular flexibility index (Phi) is 5.34. The van der Waals surface area contributed by atoms with Crippen LogP contribution in [0.4, 0.5) is 0 Å². The van der Waals surface area contributed by atoms with Gasteiger partial charge in [0.15, 0.2) is 0 Å². The van der Waals surface area contributed by atoms with E-state index in [1.165, 1.54) is 56.0 Å². The lowest BCUT2D eigenvalue weighted by Gasteiger charge is -2.34. The molecule has 1 fully saturated rings. The summed E-state index contributed by atoms with van der Waals surface area (Å²) in [5, 5.41) is 0. The van der Waals surface area contributed by atoms with Crippen LogP contribution in [0.25, 0.3) is 0 Å². The maximum Gasteiger partial charge on any atom is 0.122 e. The smallest absolute Gasteiger partial charge is 0.122 e. The van der Waals surface area contributed by atoms with Crippen LogP contribution in [-0.2, 0) is 19.3 Å². The van der Waals surface area contributed by atoms with Crippen LogP contribution in [0, 0.1) is 0 Å². The van der Waals surface area contributed by atoms with Crippen LogP contribution in [0.1, 0.15) is 16.7 Å². The zero-order chi connectivity index (χ0) is 16.9. The molecule has 0 unspecified atom stereocenters. The maximum atomic E-state index is 5.60. The van der Waals surface area contributed by atoms with Crippen LogP contribution in [-0.4, -0.2) is 55.7 Å². The molecule has 0 aliphatic carbocycles. The summed E-state index contributed by atoms with van der Waals surface area (Å²) in [7, 11) is 0. The van der Waals surface area contributed by atoms with Gasteiger partial charge in [-0.1, -0.05) is 42.5 Å². The molecule has 0 aromatic heterocycles. The SMILES string of the molecule is c1ccc(CCN2CCN(CCc3ccc4c(c3)CCO4)CC2)cc1. The molecule has 2 aromatic rings. The lowest BCUT2D eigenvalue weighted by atomic mass is 10.1. The van der Waals surface area contributed by atoms with Crippen LogP contribution in [0.5, 0.6) is 5.75 Å². The largest absolute Gasteiger partial charge is 0.493 e. The molecule has 2 aromatic carbocycles. The van der Waals surface area contributed by atoms with E-state index < -0.39 is 0 Å². The van der Waals surface area contributed by atoms with Crippen LogP contribution in [0.15, 0.2) is 48.5 Å². The zero-order valence-electron chi connectivity index (χ0n) is 15.0. The van der Waals surface area contributed by atoms with Gasteiger partial charge in [0.1, 0.15) is 5.75 Å². The van der Waals surface area contributed by atoms with Crippen molar-refractivity contribution in [2.45, 2.75) is 19.3 Å². The molecular weight excluding hydrogens is 308 g/mol. The first-order chi connectivity index (χ1) is 12.4. The minimum atomic E-state index is 0.851. The molecular formula is C22H28N2O. The molecule has 3 nitrogen and oxygen atoms in total. The summed E-state index contributed by atoms with van der Waals surface area (Å²) in [6.07, 6.45) is 3.39. The molecule has 0 atom stereocenters. The van der Waals surface area contributed by atoms with E-state index in [0.29, 0.717) is 0 Å². The minimum absolute atomic E-state index is 0.851. The normalized spacial score (nSPS) is 18.1. The maximum absolute atomic E-state index is 5.60. The summed E-state index contributed by atoms with van der Waals surface area (Å²) in [5.41, 5.74) is 4.30. The Hall–Kier alpha value is -1.84. The van der Waals surface area contributed by atoms with E-state index in [9.17, 15) is 0 Å². The molecule has 0 saturated carbocycles. The average molecular weight is 336 g/mol. The zero-order valence-corrected chi connectivity index (χ0v) is 15.0. The second kappa shape index (κ2) is 8.03. The van der Waals surface area contributed by atoms with Crippen LogP contribution < -0.4 is 4.74 Å². The predicted octanol–water partition coefficient (Wildman–Crippen LogP) is 3.02. The standard InChI is InChI=1S/C22H28N2O/c1-2-4-19(5-3-1)8-11-23-13-15-24(16-14-23)12-9-20-6-7-22-21(18-20)10-17-25-22/h1-7,18H,8-17H2. The topological polar surface area (TPSA) is 15.7 Å². The van der Waals surface area contributed by atoms with E-state index in [2.05, 4.69) is 58.3 Å². The lowest BCUT2D eigenvalue weighted by Crippen LogP contribution is -2.47. The first-order valence-electron chi connectivity index (χ1n) is 9.60. The molecule has 132 valence electrons. The summed E-state index contributed by atoms with van der Waals surface area (Å²) in [4.78, 5) is 5.22. The van der Waals surface area contributed by atoms with Gasteiger partial charge in [0.05, 0.1) is 6.61 Å². The first-order valence-corrected chi connectivity index (χ1v) is 9.60. The monoisotopic (exact) mass is 336 g/mol. The van der Waals surface area contributed by atoms with Crippen LogP contribution >= 0.6 is 0 Å². The number of rotatable bonds is 6. The number of hydrogen-bond donors (Lipinski definition) is 0. The number of benzene rings is 2. The highest BCUT2D eigenvalue weighted by Crippen LogP contribution is 2.26. The van der Waals surface area contributed by atoms with Crippen molar-refractivity contribution in [3.63, 3.8) is 0 Å².